The van der Waals surface area contributed by atoms with Crippen LogP contribution in [0.5, 0.6) is 0 Å². The quantitative estimate of drug-likeness (QED) is 0.626. The van der Waals surface area contributed by atoms with Crippen LogP contribution in [0.15, 0.2) is 28.7 Å². The first kappa shape index (κ1) is 19.7. The van der Waals surface area contributed by atoms with Gasteiger partial charge in [-0.25, -0.2) is 0 Å². The summed E-state index contributed by atoms with van der Waals surface area (Å²) in [5, 5.41) is 2.79. The fraction of sp³-hybridized carbons (Fsp3) is 0.500. The maximum atomic E-state index is 12.0. The van der Waals surface area contributed by atoms with Crippen molar-refractivity contribution in [2.75, 3.05) is 0 Å². The molecule has 1 rings (SSSR count). The van der Waals surface area contributed by atoms with Crippen LogP contribution < -0.4 is 5.32 Å². The second-order valence-corrected chi connectivity index (χ2v) is 6.15. The van der Waals surface area contributed by atoms with Gasteiger partial charge in [-0.15, -0.1) is 0 Å². The highest BCUT2D eigenvalue weighted by atomic mass is 79.9. The molecule has 0 aromatic heterocycles. The second-order valence-electron chi connectivity index (χ2n) is 5.24. The smallest absolute Gasteiger partial charge is 0.352 e. The Balaban J connectivity index is 2.06. The standard InChI is InChI=1S/C16H19BrF3NO2/c17-13-9-7-12(8-10-13)11-21-15(23)6-4-2-1-3-5-14(22)16(18,19)20/h7-10H,1-6,11H2,(H,21,23). The van der Waals surface area contributed by atoms with E-state index in [4.69, 9.17) is 0 Å². The van der Waals surface area contributed by atoms with Crippen molar-refractivity contribution in [3.63, 3.8) is 0 Å². The van der Waals surface area contributed by atoms with Crippen molar-refractivity contribution in [3.05, 3.63) is 34.3 Å². The van der Waals surface area contributed by atoms with E-state index in [1.807, 2.05) is 24.3 Å². The van der Waals surface area contributed by atoms with Gasteiger partial charge >= 0.3 is 6.18 Å². The molecule has 1 N–H and O–H groups in total. The van der Waals surface area contributed by atoms with Crippen molar-refractivity contribution in [1.29, 1.82) is 0 Å². The van der Waals surface area contributed by atoms with Crippen molar-refractivity contribution in [2.24, 2.45) is 0 Å². The molecule has 0 aliphatic carbocycles. The maximum Gasteiger partial charge on any atom is 0.449 e. The molecular weight excluding hydrogens is 375 g/mol. The highest BCUT2D eigenvalue weighted by Gasteiger charge is 2.36. The highest BCUT2D eigenvalue weighted by molar-refractivity contribution is 9.10. The van der Waals surface area contributed by atoms with E-state index in [1.54, 1.807) is 0 Å². The first-order chi connectivity index (χ1) is 10.8. The summed E-state index contributed by atoms with van der Waals surface area (Å²) < 4.78 is 36.9. The minimum atomic E-state index is -4.73. The van der Waals surface area contributed by atoms with E-state index in [9.17, 15) is 22.8 Å². The van der Waals surface area contributed by atoms with Crippen LogP contribution in [0, 0.1) is 0 Å². The molecule has 0 radical (unpaired) electrons. The fourth-order valence-corrected chi connectivity index (χ4v) is 2.22. The van der Waals surface area contributed by atoms with Crippen LogP contribution in [0.4, 0.5) is 13.2 Å². The summed E-state index contributed by atoms with van der Waals surface area (Å²) in [7, 11) is 0. The largest absolute Gasteiger partial charge is 0.449 e. The normalized spacial score (nSPS) is 11.3. The van der Waals surface area contributed by atoms with Gasteiger partial charge in [0.2, 0.25) is 11.7 Å². The first-order valence-corrected chi connectivity index (χ1v) is 8.19. The molecule has 3 nitrogen and oxygen atoms in total. The molecule has 7 heteroatoms. The Morgan fingerprint density at radius 2 is 1.52 bits per heavy atom. The SMILES string of the molecule is O=C(CCCCCCC(=O)C(F)(F)F)NCc1ccc(Br)cc1. The first-order valence-electron chi connectivity index (χ1n) is 7.40. The molecule has 23 heavy (non-hydrogen) atoms. The zero-order valence-corrected chi connectivity index (χ0v) is 14.2. The third-order valence-electron chi connectivity index (χ3n) is 3.28. The summed E-state index contributed by atoms with van der Waals surface area (Å²) in [4.78, 5) is 22.3. The number of nitrogens with one attached hydrogen (secondary N) is 1. The lowest BCUT2D eigenvalue weighted by Gasteiger charge is -2.06. The summed E-state index contributed by atoms with van der Waals surface area (Å²) in [6, 6.07) is 7.59. The van der Waals surface area contributed by atoms with Crippen molar-refractivity contribution in [1.82, 2.24) is 5.32 Å². The molecule has 0 aliphatic heterocycles. The lowest BCUT2D eigenvalue weighted by Crippen LogP contribution is -2.22. The Morgan fingerprint density at radius 1 is 0.957 bits per heavy atom. The summed E-state index contributed by atoms with van der Waals surface area (Å²) >= 11 is 3.33. The maximum absolute atomic E-state index is 12.0. The number of alkyl halides is 3. The van der Waals surface area contributed by atoms with Gasteiger partial charge in [0.1, 0.15) is 0 Å². The summed E-state index contributed by atoms with van der Waals surface area (Å²) in [5.41, 5.74) is 0.993. The van der Waals surface area contributed by atoms with Gasteiger partial charge in [0.05, 0.1) is 0 Å². The van der Waals surface area contributed by atoms with Crippen LogP contribution in [0.1, 0.15) is 44.1 Å². The van der Waals surface area contributed by atoms with E-state index in [1.165, 1.54) is 0 Å². The predicted octanol–water partition coefficient (Wildman–Crippen LogP) is 4.54. The van der Waals surface area contributed by atoms with E-state index in [0.717, 1.165) is 10.0 Å². The van der Waals surface area contributed by atoms with Crippen molar-refractivity contribution < 1.29 is 22.8 Å². The number of benzene rings is 1. The van der Waals surface area contributed by atoms with E-state index in [0.29, 0.717) is 32.2 Å². The van der Waals surface area contributed by atoms with Crippen LogP contribution in [-0.2, 0) is 16.1 Å². The van der Waals surface area contributed by atoms with Crippen molar-refractivity contribution in [3.8, 4) is 0 Å². The summed E-state index contributed by atoms with van der Waals surface area (Å²) in [5.74, 6) is -1.76. The van der Waals surface area contributed by atoms with Crippen molar-refractivity contribution >= 4 is 27.6 Å². The Kier molecular flexibility index (Phi) is 8.30. The Labute approximate surface area is 141 Å². The van der Waals surface area contributed by atoms with E-state index < -0.39 is 18.4 Å². The van der Waals surface area contributed by atoms with E-state index in [-0.39, 0.29) is 12.3 Å². The molecule has 0 bridgehead atoms. The number of halogens is 4. The molecule has 0 unspecified atom stereocenters. The molecule has 0 atom stereocenters. The lowest BCUT2D eigenvalue weighted by atomic mass is 10.1. The second kappa shape index (κ2) is 9.70. The minimum absolute atomic E-state index is 0.0840. The van der Waals surface area contributed by atoms with Crippen LogP contribution >= 0.6 is 15.9 Å². The molecule has 0 heterocycles. The number of amides is 1. The Hall–Kier alpha value is -1.37. The number of hydrogen-bond donors (Lipinski definition) is 1. The van der Waals surface area contributed by atoms with Gasteiger partial charge in [-0.05, 0) is 30.5 Å². The zero-order valence-electron chi connectivity index (χ0n) is 12.6. The van der Waals surface area contributed by atoms with E-state index in [2.05, 4.69) is 21.2 Å². The molecule has 1 amide bonds. The number of Topliss-reactive ketones (excluding diaryl/α,β-unsaturated/α-hetero) is 1. The minimum Gasteiger partial charge on any atom is -0.352 e. The molecular formula is C16H19BrF3NO2. The fourth-order valence-electron chi connectivity index (χ4n) is 1.96. The topological polar surface area (TPSA) is 46.2 Å². The van der Waals surface area contributed by atoms with Gasteiger partial charge in [0, 0.05) is 23.9 Å². The molecule has 128 valence electrons. The lowest BCUT2D eigenvalue weighted by molar-refractivity contribution is -0.171. The molecule has 1 aromatic carbocycles. The number of rotatable bonds is 9. The highest BCUT2D eigenvalue weighted by Crippen LogP contribution is 2.19. The monoisotopic (exact) mass is 393 g/mol. The van der Waals surface area contributed by atoms with Crippen LogP contribution in [0.3, 0.4) is 0 Å². The third-order valence-corrected chi connectivity index (χ3v) is 3.81. The van der Waals surface area contributed by atoms with Gasteiger partial charge in [-0.3, -0.25) is 9.59 Å². The molecule has 1 aromatic rings. The van der Waals surface area contributed by atoms with Gasteiger partial charge in [-0.1, -0.05) is 40.9 Å². The van der Waals surface area contributed by atoms with Gasteiger partial charge in [-0.2, -0.15) is 13.2 Å². The number of hydrogen-bond acceptors (Lipinski definition) is 2. The number of carbonyl (C=O) groups excluding carboxylic acids is 2. The van der Waals surface area contributed by atoms with Crippen LogP contribution in [0.25, 0.3) is 0 Å². The van der Waals surface area contributed by atoms with Gasteiger partial charge in [0.15, 0.2) is 0 Å². The zero-order chi connectivity index (χ0) is 17.3. The van der Waals surface area contributed by atoms with Crippen molar-refractivity contribution in [2.45, 2.75) is 51.2 Å². The molecule has 0 aliphatic rings. The third kappa shape index (κ3) is 8.74. The average molecular weight is 394 g/mol. The Bertz CT molecular complexity index is 515. The number of ketones is 1. The number of carbonyl (C=O) groups is 2. The molecule has 0 saturated heterocycles. The average Bonchev–Trinajstić information content (AvgIpc) is 2.49. The predicted molar refractivity (Wildman–Crippen MR) is 84.8 cm³/mol. The molecule has 0 fully saturated rings. The van der Waals surface area contributed by atoms with Crippen LogP contribution in [-0.4, -0.2) is 17.9 Å². The van der Waals surface area contributed by atoms with E-state index >= 15 is 0 Å². The van der Waals surface area contributed by atoms with Crippen LogP contribution in [0.2, 0.25) is 0 Å². The summed E-state index contributed by atoms with van der Waals surface area (Å²) in [6.45, 7) is 0.451. The molecule has 0 saturated carbocycles. The molecule has 0 spiro atoms. The Morgan fingerprint density at radius 3 is 2.09 bits per heavy atom. The van der Waals surface area contributed by atoms with Gasteiger partial charge in [0.25, 0.3) is 0 Å². The van der Waals surface area contributed by atoms with Gasteiger partial charge < -0.3 is 5.32 Å². The number of unbranched alkanes of at least 4 members (excludes halogenated alkanes) is 3. The summed E-state index contributed by atoms with van der Waals surface area (Å²) in [6.07, 6.45) is -2.90.